The first-order valence-corrected chi connectivity index (χ1v) is 12.7. The molecule has 2 atom stereocenters. The van der Waals surface area contributed by atoms with Gasteiger partial charge in [-0.2, -0.15) is 18.3 Å². The lowest BCUT2D eigenvalue weighted by atomic mass is 9.70. The molecule has 1 aromatic carbocycles. The fourth-order valence-electron chi connectivity index (χ4n) is 5.56. The molecule has 40 heavy (non-hydrogen) atoms. The summed E-state index contributed by atoms with van der Waals surface area (Å²) in [6, 6.07) is 14.0. The summed E-state index contributed by atoms with van der Waals surface area (Å²) in [6.07, 6.45) is 1.73. The molecule has 2 aromatic heterocycles. The Morgan fingerprint density at radius 2 is 1.85 bits per heavy atom. The van der Waals surface area contributed by atoms with Crippen LogP contribution in [-0.2, 0) is 23.2 Å². The maximum Gasteiger partial charge on any atom is 0.490 e. The Balaban J connectivity index is 0.000000470. The zero-order valence-corrected chi connectivity index (χ0v) is 22.1. The number of aliphatic carboxylic acids is 1. The number of carbonyl (C=O) groups excluding carboxylic acids is 2. The van der Waals surface area contributed by atoms with Crippen molar-refractivity contribution >= 4 is 17.8 Å². The second kappa shape index (κ2) is 11.5. The quantitative estimate of drug-likeness (QED) is 0.523. The summed E-state index contributed by atoms with van der Waals surface area (Å²) in [5.74, 6) is -2.78. The number of hydrogen-bond acceptors (Lipinski definition) is 5. The second-order valence-corrected chi connectivity index (χ2v) is 10.1. The molecule has 9 nitrogen and oxygen atoms in total. The van der Waals surface area contributed by atoms with Crippen LogP contribution in [0.15, 0.2) is 61.1 Å². The van der Waals surface area contributed by atoms with Crippen LogP contribution in [0.3, 0.4) is 0 Å². The van der Waals surface area contributed by atoms with E-state index < -0.39 is 17.6 Å². The molecule has 4 heterocycles. The summed E-state index contributed by atoms with van der Waals surface area (Å²) in [5, 5.41) is 11.5. The number of amides is 2. The van der Waals surface area contributed by atoms with Crippen molar-refractivity contribution in [2.45, 2.75) is 38.4 Å². The van der Waals surface area contributed by atoms with Gasteiger partial charge in [0.1, 0.15) is 0 Å². The maximum atomic E-state index is 14.1. The largest absolute Gasteiger partial charge is 0.490 e. The van der Waals surface area contributed by atoms with Gasteiger partial charge in [-0.05, 0) is 43.0 Å². The number of rotatable bonds is 4. The van der Waals surface area contributed by atoms with Gasteiger partial charge in [-0.3, -0.25) is 19.3 Å². The molecular weight excluding hydrogens is 527 g/mol. The van der Waals surface area contributed by atoms with Gasteiger partial charge >= 0.3 is 12.1 Å². The predicted octanol–water partition coefficient (Wildman–Crippen LogP) is 3.81. The molecule has 0 saturated carbocycles. The van der Waals surface area contributed by atoms with E-state index in [0.29, 0.717) is 25.2 Å². The lowest BCUT2D eigenvalue weighted by molar-refractivity contribution is -0.192. The van der Waals surface area contributed by atoms with Gasteiger partial charge in [0.05, 0.1) is 11.0 Å². The first kappa shape index (κ1) is 28.8. The number of halogens is 3. The van der Waals surface area contributed by atoms with Gasteiger partial charge in [0, 0.05) is 63.4 Å². The summed E-state index contributed by atoms with van der Waals surface area (Å²) >= 11 is 0. The Labute approximate surface area is 229 Å². The molecule has 0 radical (unpaired) electrons. The third-order valence-electron chi connectivity index (χ3n) is 7.39. The molecule has 1 N–H and O–H groups in total. The summed E-state index contributed by atoms with van der Waals surface area (Å²) in [7, 11) is 1.91. The van der Waals surface area contributed by atoms with Gasteiger partial charge in [-0.25, -0.2) is 4.79 Å². The number of carbonyl (C=O) groups is 3. The van der Waals surface area contributed by atoms with Crippen molar-refractivity contribution in [1.29, 1.82) is 0 Å². The van der Waals surface area contributed by atoms with Crippen LogP contribution in [0.2, 0.25) is 0 Å². The number of hydrogen-bond donors (Lipinski definition) is 1. The van der Waals surface area contributed by atoms with E-state index in [1.807, 2.05) is 58.8 Å². The number of aryl methyl sites for hydroxylation is 2. The number of nitrogens with zero attached hydrogens (tertiary/aromatic N) is 5. The van der Waals surface area contributed by atoms with Crippen molar-refractivity contribution in [2.24, 2.45) is 12.5 Å². The molecule has 0 unspecified atom stereocenters. The Morgan fingerprint density at radius 3 is 2.45 bits per heavy atom. The number of carboxylic acid groups (broad SMARTS) is 1. The highest BCUT2D eigenvalue weighted by molar-refractivity contribution is 5.96. The zero-order chi connectivity index (χ0) is 29.1. The Bertz CT molecular complexity index is 1380. The Hall–Kier alpha value is -4.22. The first-order chi connectivity index (χ1) is 18.9. The topological polar surface area (TPSA) is 109 Å². The fourth-order valence-corrected chi connectivity index (χ4v) is 5.56. The third kappa shape index (κ3) is 6.00. The molecular formula is C28H30F3N5O4. The molecule has 5 rings (SSSR count). The van der Waals surface area contributed by atoms with Crippen molar-refractivity contribution in [1.82, 2.24) is 24.6 Å². The number of benzene rings is 1. The number of piperidine rings is 1. The molecule has 0 aliphatic carbocycles. The molecule has 2 amide bonds. The van der Waals surface area contributed by atoms with Crippen molar-refractivity contribution in [3.63, 3.8) is 0 Å². The van der Waals surface area contributed by atoms with Crippen LogP contribution in [-0.4, -0.2) is 73.3 Å². The van der Waals surface area contributed by atoms with Crippen LogP contribution >= 0.6 is 0 Å². The summed E-state index contributed by atoms with van der Waals surface area (Å²) in [6.45, 7) is 4.18. The molecule has 2 fully saturated rings. The van der Waals surface area contributed by atoms with Gasteiger partial charge in [0.15, 0.2) is 0 Å². The third-order valence-corrected chi connectivity index (χ3v) is 7.39. The lowest BCUT2D eigenvalue weighted by Crippen LogP contribution is -2.52. The molecule has 1 spiro atoms. The van der Waals surface area contributed by atoms with Crippen LogP contribution < -0.4 is 0 Å². The molecule has 2 aliphatic rings. The highest BCUT2D eigenvalue weighted by Crippen LogP contribution is 2.49. The van der Waals surface area contributed by atoms with Gasteiger partial charge in [-0.15, -0.1) is 0 Å². The van der Waals surface area contributed by atoms with Crippen LogP contribution in [0.1, 0.15) is 45.9 Å². The molecule has 2 saturated heterocycles. The van der Waals surface area contributed by atoms with E-state index >= 15 is 0 Å². The van der Waals surface area contributed by atoms with Gasteiger partial charge < -0.3 is 14.9 Å². The Kier molecular flexibility index (Phi) is 8.26. The van der Waals surface area contributed by atoms with E-state index in [9.17, 15) is 22.8 Å². The van der Waals surface area contributed by atoms with Gasteiger partial charge in [-0.1, -0.05) is 30.3 Å². The number of likely N-dealkylation sites (tertiary alicyclic amines) is 2. The van der Waals surface area contributed by atoms with Crippen LogP contribution in [0, 0.1) is 12.3 Å². The molecule has 12 heteroatoms. The first-order valence-electron chi connectivity index (χ1n) is 12.7. The number of alkyl halides is 3. The average molecular weight is 558 g/mol. The van der Waals surface area contributed by atoms with Gasteiger partial charge in [0.2, 0.25) is 5.91 Å². The number of pyridine rings is 1. The SMILES string of the molecule is Cc1cncc(C(=O)N2C[C@@H](c3ccnn3C)[C@@]3(CCCN(Cc4ccccc4)C3=O)C2)c1.O=C(O)C(F)(F)F. The Morgan fingerprint density at radius 1 is 1.15 bits per heavy atom. The standard InChI is InChI=1S/C26H29N5O2.C2HF3O2/c1-19-13-21(15-27-14-19)24(32)31-17-22(23-9-11-28-29(23)2)26(18-31)10-6-12-30(25(26)33)16-20-7-4-3-5-8-20;3-2(4,5)1(6)7/h3-5,7-9,11,13-15,22H,6,10,12,16-18H2,1-2H3;(H,6,7)/t22-,26+;/m0./s1. The van der Waals surface area contributed by atoms with E-state index in [4.69, 9.17) is 9.90 Å². The van der Waals surface area contributed by atoms with Crippen molar-refractivity contribution in [3.8, 4) is 0 Å². The van der Waals surface area contributed by atoms with Crippen molar-refractivity contribution < 1.29 is 32.7 Å². The smallest absolute Gasteiger partial charge is 0.475 e. The molecule has 0 bridgehead atoms. The molecule has 212 valence electrons. The highest BCUT2D eigenvalue weighted by atomic mass is 19.4. The van der Waals surface area contributed by atoms with Crippen LogP contribution in [0.4, 0.5) is 13.2 Å². The summed E-state index contributed by atoms with van der Waals surface area (Å²) in [4.78, 5) is 44.4. The van der Waals surface area contributed by atoms with Crippen molar-refractivity contribution in [2.75, 3.05) is 19.6 Å². The molecule has 2 aliphatic heterocycles. The van der Waals surface area contributed by atoms with Gasteiger partial charge in [0.25, 0.3) is 5.91 Å². The highest BCUT2D eigenvalue weighted by Gasteiger charge is 2.57. The maximum absolute atomic E-state index is 14.1. The minimum atomic E-state index is -5.08. The van der Waals surface area contributed by atoms with E-state index in [1.165, 1.54) is 0 Å². The lowest BCUT2D eigenvalue weighted by Gasteiger charge is -2.42. The minimum absolute atomic E-state index is 0.0665. The number of aromatic nitrogens is 3. The minimum Gasteiger partial charge on any atom is -0.475 e. The normalized spacial score (nSPS) is 20.8. The van der Waals surface area contributed by atoms with Crippen molar-refractivity contribution in [3.05, 3.63) is 83.4 Å². The molecule has 3 aromatic rings. The fraction of sp³-hybridized carbons (Fsp3) is 0.393. The van der Waals surface area contributed by atoms with E-state index in [0.717, 1.165) is 36.2 Å². The second-order valence-electron chi connectivity index (χ2n) is 10.1. The van der Waals surface area contributed by atoms with Crippen LogP contribution in [0.25, 0.3) is 0 Å². The van der Waals surface area contributed by atoms with Crippen LogP contribution in [0.5, 0.6) is 0 Å². The summed E-state index contributed by atoms with van der Waals surface area (Å²) < 4.78 is 33.6. The van der Waals surface area contributed by atoms with E-state index in [2.05, 4.69) is 22.2 Å². The number of carboxylic acids is 1. The van der Waals surface area contributed by atoms with E-state index in [1.54, 1.807) is 18.6 Å². The predicted molar refractivity (Wildman–Crippen MR) is 138 cm³/mol. The monoisotopic (exact) mass is 557 g/mol. The average Bonchev–Trinajstić information content (AvgIpc) is 3.50. The van der Waals surface area contributed by atoms with E-state index in [-0.39, 0.29) is 17.7 Å². The summed E-state index contributed by atoms with van der Waals surface area (Å²) in [5.41, 5.74) is 2.99. The zero-order valence-electron chi connectivity index (χ0n) is 22.1.